The van der Waals surface area contributed by atoms with Crippen LogP contribution >= 0.6 is 11.8 Å². The number of aldehydes is 1. The number of carbonyl (C=O) groups excluding carboxylic acids is 1. The second kappa shape index (κ2) is 4.61. The van der Waals surface area contributed by atoms with Gasteiger partial charge in [-0.25, -0.2) is 4.39 Å². The number of aromatic nitrogens is 1. The van der Waals surface area contributed by atoms with Gasteiger partial charge in [-0.3, -0.25) is 20.6 Å². The number of nitrogens with one attached hydrogen (secondary N) is 2. The minimum atomic E-state index is -0.502. The molecule has 0 aliphatic carbocycles. The van der Waals surface area contributed by atoms with Crippen LogP contribution in [0.5, 0.6) is 0 Å². The molecule has 1 aromatic heterocycles. The molecule has 0 aliphatic heterocycles. The maximum absolute atomic E-state index is 12.7. The number of hydrogen-bond acceptors (Lipinski definition) is 5. The Labute approximate surface area is 83.6 Å². The van der Waals surface area contributed by atoms with Crippen LogP contribution in [-0.4, -0.2) is 21.4 Å². The van der Waals surface area contributed by atoms with E-state index in [0.717, 1.165) is 12.1 Å². The van der Waals surface area contributed by atoms with E-state index < -0.39 is 5.82 Å². The van der Waals surface area contributed by atoms with E-state index in [1.807, 2.05) is 0 Å². The summed E-state index contributed by atoms with van der Waals surface area (Å²) in [6.45, 7) is 0. The van der Waals surface area contributed by atoms with Crippen molar-refractivity contribution in [2.24, 2.45) is 0 Å². The molecule has 1 rings (SSSR count). The zero-order chi connectivity index (χ0) is 10.6. The molecule has 0 fully saturated rings. The van der Waals surface area contributed by atoms with Gasteiger partial charge < -0.3 is 0 Å². The highest BCUT2D eigenvalue weighted by atomic mass is 32.2. The normalized spacial score (nSPS) is 9.50. The average molecular weight is 211 g/mol. The summed E-state index contributed by atoms with van der Waals surface area (Å²) in [6, 6.07) is 2.24. The lowest BCUT2D eigenvalue weighted by atomic mass is 10.4. The van der Waals surface area contributed by atoms with Crippen LogP contribution in [0, 0.1) is 16.6 Å². The second-order valence-corrected chi connectivity index (χ2v) is 3.32. The van der Waals surface area contributed by atoms with Crippen molar-refractivity contribution in [2.45, 2.75) is 0 Å². The standard InChI is InChI=1S/C8H6FN3OS/c9-5-1-2-12-6(3-5)8(11)14-7(10)4-13/h1-4,10-11H. The van der Waals surface area contributed by atoms with E-state index in [9.17, 15) is 9.18 Å². The van der Waals surface area contributed by atoms with Crippen molar-refractivity contribution >= 4 is 28.1 Å². The Morgan fingerprint density at radius 3 is 2.86 bits per heavy atom. The lowest BCUT2D eigenvalue weighted by Gasteiger charge is -1.99. The second-order valence-electron chi connectivity index (χ2n) is 2.27. The van der Waals surface area contributed by atoms with Gasteiger partial charge in [0.2, 0.25) is 0 Å². The molecule has 0 aromatic carbocycles. The molecule has 1 heterocycles. The number of nitrogens with zero attached hydrogens (tertiary/aromatic N) is 1. The van der Waals surface area contributed by atoms with Gasteiger partial charge in [0.1, 0.15) is 15.9 Å². The van der Waals surface area contributed by atoms with E-state index in [2.05, 4.69) is 4.98 Å². The number of halogens is 1. The monoisotopic (exact) mass is 211 g/mol. The van der Waals surface area contributed by atoms with Gasteiger partial charge in [-0.2, -0.15) is 0 Å². The van der Waals surface area contributed by atoms with Crippen LogP contribution in [0.4, 0.5) is 4.39 Å². The molecule has 1 aromatic rings. The van der Waals surface area contributed by atoms with Crippen molar-refractivity contribution in [3.05, 3.63) is 29.8 Å². The molecule has 14 heavy (non-hydrogen) atoms. The fraction of sp³-hybridized carbons (Fsp3) is 0. The molecule has 0 atom stereocenters. The Hall–Kier alpha value is -1.56. The molecule has 0 radical (unpaired) electrons. The molecule has 2 N–H and O–H groups in total. The molecule has 4 nitrogen and oxygen atoms in total. The highest BCUT2D eigenvalue weighted by Gasteiger charge is 2.07. The van der Waals surface area contributed by atoms with Crippen molar-refractivity contribution in [2.75, 3.05) is 0 Å². The van der Waals surface area contributed by atoms with Crippen LogP contribution in [0.2, 0.25) is 0 Å². The average Bonchev–Trinajstić information content (AvgIpc) is 2.17. The van der Waals surface area contributed by atoms with Crippen LogP contribution < -0.4 is 0 Å². The predicted octanol–water partition coefficient (Wildman–Crippen LogP) is 1.46. The van der Waals surface area contributed by atoms with Crippen molar-refractivity contribution in [1.29, 1.82) is 10.8 Å². The minimum absolute atomic E-state index is 0.113. The predicted molar refractivity (Wildman–Crippen MR) is 52.4 cm³/mol. The van der Waals surface area contributed by atoms with Crippen molar-refractivity contribution in [3.63, 3.8) is 0 Å². The van der Waals surface area contributed by atoms with Crippen molar-refractivity contribution in [3.8, 4) is 0 Å². The summed E-state index contributed by atoms with van der Waals surface area (Å²) < 4.78 is 12.7. The summed E-state index contributed by atoms with van der Waals surface area (Å²) in [5.41, 5.74) is 0.113. The molecular formula is C8H6FN3OS. The highest BCUT2D eigenvalue weighted by molar-refractivity contribution is 8.28. The molecule has 0 saturated carbocycles. The van der Waals surface area contributed by atoms with Gasteiger partial charge in [-0.1, -0.05) is 0 Å². The fourth-order valence-electron chi connectivity index (χ4n) is 0.715. The van der Waals surface area contributed by atoms with E-state index in [1.54, 1.807) is 0 Å². The van der Waals surface area contributed by atoms with Crippen LogP contribution in [0.15, 0.2) is 18.3 Å². The van der Waals surface area contributed by atoms with Crippen LogP contribution in [-0.2, 0) is 4.79 Å². The first-order chi connectivity index (χ1) is 6.63. The smallest absolute Gasteiger partial charge is 0.174 e. The lowest BCUT2D eigenvalue weighted by Crippen LogP contribution is -2.02. The van der Waals surface area contributed by atoms with E-state index in [-0.39, 0.29) is 15.8 Å². The molecular weight excluding hydrogens is 205 g/mol. The topological polar surface area (TPSA) is 77.7 Å². The third-order valence-corrected chi connectivity index (χ3v) is 2.00. The van der Waals surface area contributed by atoms with Crippen LogP contribution in [0.1, 0.15) is 5.69 Å². The fourth-order valence-corrected chi connectivity index (χ4v) is 1.20. The van der Waals surface area contributed by atoms with E-state index in [4.69, 9.17) is 10.8 Å². The number of thioether (sulfide) groups is 1. The maximum Gasteiger partial charge on any atom is 0.174 e. The van der Waals surface area contributed by atoms with Gasteiger partial charge in [0.15, 0.2) is 6.29 Å². The van der Waals surface area contributed by atoms with E-state index in [0.29, 0.717) is 18.0 Å². The van der Waals surface area contributed by atoms with Gasteiger partial charge in [-0.05, 0) is 17.8 Å². The SMILES string of the molecule is N=C(C=O)SC(=N)c1cc(F)ccn1. The van der Waals surface area contributed by atoms with Gasteiger partial charge in [0.25, 0.3) is 0 Å². The summed E-state index contributed by atoms with van der Waals surface area (Å²) in [7, 11) is 0. The maximum atomic E-state index is 12.7. The molecule has 0 unspecified atom stereocenters. The zero-order valence-corrected chi connectivity index (χ0v) is 7.77. The Balaban J connectivity index is 2.79. The molecule has 72 valence electrons. The van der Waals surface area contributed by atoms with Crippen LogP contribution in [0.25, 0.3) is 0 Å². The molecule has 0 saturated heterocycles. The quantitative estimate of drug-likeness (QED) is 0.441. The summed E-state index contributed by atoms with van der Waals surface area (Å²) >= 11 is 0.631. The summed E-state index contributed by atoms with van der Waals surface area (Å²) in [5, 5.41) is 14.0. The van der Waals surface area contributed by atoms with Gasteiger partial charge in [0, 0.05) is 12.3 Å². The summed E-state index contributed by atoms with van der Waals surface area (Å²) in [5.74, 6) is -0.502. The molecule has 0 amide bonds. The van der Waals surface area contributed by atoms with Crippen molar-refractivity contribution < 1.29 is 9.18 Å². The first kappa shape index (κ1) is 10.5. The lowest BCUT2D eigenvalue weighted by molar-refractivity contribution is -0.102. The third kappa shape index (κ3) is 2.74. The number of hydrogen-bond donors (Lipinski definition) is 2. The first-order valence-corrected chi connectivity index (χ1v) is 4.37. The molecule has 0 aliphatic rings. The number of pyridine rings is 1. The third-order valence-electron chi connectivity index (χ3n) is 1.27. The molecule has 6 heteroatoms. The highest BCUT2D eigenvalue weighted by Crippen LogP contribution is 2.11. The Bertz CT molecular complexity index is 394. The Morgan fingerprint density at radius 1 is 1.57 bits per heavy atom. The van der Waals surface area contributed by atoms with Crippen molar-refractivity contribution in [1.82, 2.24) is 4.98 Å². The van der Waals surface area contributed by atoms with E-state index in [1.165, 1.54) is 6.20 Å². The minimum Gasteiger partial charge on any atom is -0.296 e. The summed E-state index contributed by atoms with van der Waals surface area (Å²) in [6.07, 6.45) is 1.54. The molecule has 0 spiro atoms. The van der Waals surface area contributed by atoms with Gasteiger partial charge >= 0.3 is 0 Å². The largest absolute Gasteiger partial charge is 0.296 e. The van der Waals surface area contributed by atoms with E-state index >= 15 is 0 Å². The number of rotatable bonds is 2. The zero-order valence-electron chi connectivity index (χ0n) is 6.95. The Morgan fingerprint density at radius 2 is 2.29 bits per heavy atom. The molecule has 0 bridgehead atoms. The van der Waals surface area contributed by atoms with Gasteiger partial charge in [-0.15, -0.1) is 0 Å². The van der Waals surface area contributed by atoms with Crippen LogP contribution in [0.3, 0.4) is 0 Å². The number of carbonyl (C=O) groups is 1. The van der Waals surface area contributed by atoms with Gasteiger partial charge in [0.05, 0.1) is 5.69 Å². The Kier molecular flexibility index (Phi) is 3.47. The summed E-state index contributed by atoms with van der Waals surface area (Å²) in [4.78, 5) is 13.8. The first-order valence-electron chi connectivity index (χ1n) is 3.55.